The van der Waals surface area contributed by atoms with Gasteiger partial charge in [-0.05, 0) is 12.8 Å². The van der Waals surface area contributed by atoms with Crippen LogP contribution >= 0.6 is 0 Å². The average molecular weight is 224 g/mol. The molecule has 0 amide bonds. The Morgan fingerprint density at radius 2 is 2.31 bits per heavy atom. The maximum absolute atomic E-state index is 11.4. The predicted octanol–water partition coefficient (Wildman–Crippen LogP) is 1.99. The van der Waals surface area contributed by atoms with Crippen molar-refractivity contribution in [3.05, 3.63) is 12.2 Å². The third kappa shape index (κ3) is 2.06. The van der Waals surface area contributed by atoms with Gasteiger partial charge >= 0.3 is 0 Å². The van der Waals surface area contributed by atoms with E-state index in [1.54, 1.807) is 6.08 Å². The van der Waals surface area contributed by atoms with Crippen LogP contribution in [0.4, 0.5) is 0 Å². The van der Waals surface area contributed by atoms with E-state index in [-0.39, 0.29) is 12.2 Å². The molecule has 2 aliphatic rings. The van der Waals surface area contributed by atoms with E-state index in [2.05, 4.69) is 6.92 Å². The smallest absolute Gasteiger partial charge is 0.136 e. The summed E-state index contributed by atoms with van der Waals surface area (Å²) in [5.41, 5.74) is -1.49. The second-order valence-corrected chi connectivity index (χ2v) is 4.97. The number of allylic oxidation sites excluding steroid dienone is 1. The maximum Gasteiger partial charge on any atom is 0.136 e. The summed E-state index contributed by atoms with van der Waals surface area (Å²) in [6.45, 7) is 2.73. The number of rotatable bonds is 4. The van der Waals surface area contributed by atoms with Crippen LogP contribution in [0.15, 0.2) is 12.2 Å². The van der Waals surface area contributed by atoms with E-state index >= 15 is 0 Å². The van der Waals surface area contributed by atoms with Crippen molar-refractivity contribution in [1.82, 2.24) is 0 Å². The molecular formula is C13H20O3. The van der Waals surface area contributed by atoms with E-state index in [1.807, 2.05) is 6.08 Å². The summed E-state index contributed by atoms with van der Waals surface area (Å²) in [6, 6.07) is 0. The summed E-state index contributed by atoms with van der Waals surface area (Å²) in [6.07, 6.45) is 8.44. The number of Topliss-reactive ketones (excluding diaryl/α,β-unsaturated/α-hetero) is 1. The Morgan fingerprint density at radius 1 is 1.56 bits per heavy atom. The van der Waals surface area contributed by atoms with Gasteiger partial charge in [0.15, 0.2) is 0 Å². The molecule has 1 spiro atoms. The van der Waals surface area contributed by atoms with Gasteiger partial charge in [-0.2, -0.15) is 0 Å². The van der Waals surface area contributed by atoms with Gasteiger partial charge in [0, 0.05) is 12.8 Å². The Bertz CT molecular complexity index is 304. The summed E-state index contributed by atoms with van der Waals surface area (Å²) >= 11 is 0. The molecule has 1 heterocycles. The van der Waals surface area contributed by atoms with Crippen LogP contribution in [0.25, 0.3) is 0 Å². The molecule has 90 valence electrons. The van der Waals surface area contributed by atoms with Crippen molar-refractivity contribution in [3.63, 3.8) is 0 Å². The van der Waals surface area contributed by atoms with E-state index in [9.17, 15) is 9.90 Å². The van der Waals surface area contributed by atoms with Crippen molar-refractivity contribution >= 4 is 5.78 Å². The summed E-state index contributed by atoms with van der Waals surface area (Å²) in [5, 5.41) is 10.5. The predicted molar refractivity (Wildman–Crippen MR) is 61.2 cm³/mol. The molecule has 0 bridgehead atoms. The molecule has 1 aliphatic carbocycles. The summed E-state index contributed by atoms with van der Waals surface area (Å²) in [4.78, 5) is 11.4. The van der Waals surface area contributed by atoms with Crippen molar-refractivity contribution in [3.8, 4) is 0 Å². The SMILES string of the molecule is CCCC/C=C/C1(O)CC(=O)CCC12CO2. The molecule has 2 atom stereocenters. The number of carbonyl (C=O) groups is 1. The van der Waals surface area contributed by atoms with Crippen LogP contribution in [0.2, 0.25) is 0 Å². The molecule has 3 heteroatoms. The molecule has 0 radical (unpaired) electrons. The van der Waals surface area contributed by atoms with Gasteiger partial charge in [0.2, 0.25) is 0 Å². The van der Waals surface area contributed by atoms with Crippen LogP contribution in [-0.4, -0.2) is 28.7 Å². The highest BCUT2D eigenvalue weighted by molar-refractivity contribution is 5.81. The van der Waals surface area contributed by atoms with Crippen molar-refractivity contribution < 1.29 is 14.6 Å². The monoisotopic (exact) mass is 224 g/mol. The number of hydrogen-bond acceptors (Lipinski definition) is 3. The van der Waals surface area contributed by atoms with Crippen LogP contribution in [0.5, 0.6) is 0 Å². The fraction of sp³-hybridized carbons (Fsp3) is 0.769. The topological polar surface area (TPSA) is 49.8 Å². The molecule has 16 heavy (non-hydrogen) atoms. The van der Waals surface area contributed by atoms with Gasteiger partial charge in [-0.25, -0.2) is 0 Å². The van der Waals surface area contributed by atoms with Crippen LogP contribution < -0.4 is 0 Å². The fourth-order valence-corrected chi connectivity index (χ4v) is 2.40. The Kier molecular flexibility index (Phi) is 3.17. The lowest BCUT2D eigenvalue weighted by Crippen LogP contribution is -2.49. The molecule has 2 unspecified atom stereocenters. The second-order valence-electron chi connectivity index (χ2n) is 4.97. The minimum absolute atomic E-state index is 0.142. The normalized spacial score (nSPS) is 38.5. The van der Waals surface area contributed by atoms with Gasteiger partial charge < -0.3 is 9.84 Å². The molecule has 0 aromatic rings. The van der Waals surface area contributed by atoms with Gasteiger partial charge in [0.1, 0.15) is 17.0 Å². The molecule has 1 saturated heterocycles. The van der Waals surface area contributed by atoms with Crippen molar-refractivity contribution in [2.24, 2.45) is 0 Å². The molecule has 3 nitrogen and oxygen atoms in total. The van der Waals surface area contributed by atoms with E-state index in [0.717, 1.165) is 19.3 Å². The first-order valence-electron chi connectivity index (χ1n) is 6.18. The van der Waals surface area contributed by atoms with Crippen molar-refractivity contribution in [2.75, 3.05) is 6.61 Å². The van der Waals surface area contributed by atoms with E-state index in [0.29, 0.717) is 19.4 Å². The minimum atomic E-state index is -1.05. The van der Waals surface area contributed by atoms with Gasteiger partial charge in [-0.3, -0.25) is 4.79 Å². The Hall–Kier alpha value is -0.670. The van der Waals surface area contributed by atoms with E-state index < -0.39 is 11.2 Å². The first kappa shape index (κ1) is 11.8. The van der Waals surface area contributed by atoms with Crippen LogP contribution in [0.1, 0.15) is 45.4 Å². The lowest BCUT2D eigenvalue weighted by atomic mass is 9.74. The number of ketones is 1. The standard InChI is InChI=1S/C13H20O3/c1-2-3-4-5-7-12(15)9-11(14)6-8-13(12)10-16-13/h5,7,15H,2-4,6,8-10H2,1H3/b7-5+. The highest BCUT2D eigenvalue weighted by atomic mass is 16.6. The number of hydrogen-bond donors (Lipinski definition) is 1. The second kappa shape index (κ2) is 4.30. The zero-order chi connectivity index (χ0) is 11.6. The van der Waals surface area contributed by atoms with Crippen molar-refractivity contribution in [1.29, 1.82) is 0 Å². The van der Waals surface area contributed by atoms with Crippen LogP contribution in [-0.2, 0) is 9.53 Å². The Morgan fingerprint density at radius 3 is 2.94 bits per heavy atom. The quantitative estimate of drug-likeness (QED) is 0.451. The first-order chi connectivity index (χ1) is 7.62. The van der Waals surface area contributed by atoms with Crippen molar-refractivity contribution in [2.45, 2.75) is 56.7 Å². The lowest BCUT2D eigenvalue weighted by Gasteiger charge is -2.34. The Labute approximate surface area is 96.5 Å². The zero-order valence-corrected chi connectivity index (χ0v) is 9.87. The number of carbonyl (C=O) groups excluding carboxylic acids is 1. The number of ether oxygens (including phenoxy) is 1. The lowest BCUT2D eigenvalue weighted by molar-refractivity contribution is -0.130. The number of unbranched alkanes of at least 4 members (excludes halogenated alkanes) is 2. The molecule has 0 aromatic heterocycles. The fourth-order valence-electron chi connectivity index (χ4n) is 2.40. The molecule has 1 saturated carbocycles. The van der Waals surface area contributed by atoms with Crippen LogP contribution in [0, 0.1) is 0 Å². The van der Waals surface area contributed by atoms with Gasteiger partial charge in [0.25, 0.3) is 0 Å². The minimum Gasteiger partial charge on any atom is -0.382 e. The summed E-state index contributed by atoms with van der Waals surface area (Å²) < 4.78 is 5.40. The first-order valence-corrected chi connectivity index (χ1v) is 6.18. The average Bonchev–Trinajstić information content (AvgIpc) is 3.02. The van der Waals surface area contributed by atoms with Gasteiger partial charge in [-0.15, -0.1) is 0 Å². The molecule has 1 aliphatic heterocycles. The summed E-state index contributed by atoms with van der Waals surface area (Å²) in [7, 11) is 0. The Balaban J connectivity index is 2.02. The summed E-state index contributed by atoms with van der Waals surface area (Å²) in [5.74, 6) is 0.142. The highest BCUT2D eigenvalue weighted by Crippen LogP contribution is 2.48. The number of aliphatic hydroxyl groups is 1. The van der Waals surface area contributed by atoms with Gasteiger partial charge in [0.05, 0.1) is 6.61 Å². The molecule has 0 aromatic carbocycles. The number of epoxide rings is 1. The highest BCUT2D eigenvalue weighted by Gasteiger charge is 2.62. The molecule has 2 fully saturated rings. The van der Waals surface area contributed by atoms with E-state index in [4.69, 9.17) is 4.74 Å². The third-order valence-corrected chi connectivity index (χ3v) is 3.67. The molecule has 2 rings (SSSR count). The molecule has 1 N–H and O–H groups in total. The zero-order valence-electron chi connectivity index (χ0n) is 9.87. The third-order valence-electron chi connectivity index (χ3n) is 3.67. The maximum atomic E-state index is 11.4. The van der Waals surface area contributed by atoms with Gasteiger partial charge in [-0.1, -0.05) is 31.9 Å². The van der Waals surface area contributed by atoms with Crippen LogP contribution in [0.3, 0.4) is 0 Å². The molecular weight excluding hydrogens is 204 g/mol. The van der Waals surface area contributed by atoms with E-state index in [1.165, 1.54) is 0 Å². The largest absolute Gasteiger partial charge is 0.382 e.